The van der Waals surface area contributed by atoms with E-state index in [-0.39, 0.29) is 0 Å². The van der Waals surface area contributed by atoms with Crippen LogP contribution in [0.15, 0.2) is 0 Å². The first kappa shape index (κ1) is 36.3. The van der Waals surface area contributed by atoms with E-state index in [1.54, 1.807) is 0 Å². The summed E-state index contributed by atoms with van der Waals surface area (Å²) in [6, 6.07) is 0. The molecule has 9 atom stereocenters. The van der Waals surface area contributed by atoms with Crippen molar-refractivity contribution >= 4 is 41.8 Å². The molecule has 2 aliphatic heterocycles. The predicted molar refractivity (Wildman–Crippen MR) is 135 cm³/mol. The van der Waals surface area contributed by atoms with Gasteiger partial charge in [0.2, 0.25) is 5.79 Å². The van der Waals surface area contributed by atoms with Crippen LogP contribution in [0.4, 0.5) is 0 Å². The van der Waals surface area contributed by atoms with Crippen molar-refractivity contribution in [2.45, 2.75) is 103 Å². The SMILES string of the molecule is CC(=O)OC[C@H]1O[C@@H](O[C@@H]2[C@H](OC(C)=O)[C@H](OC(C)=O)CO[C@]2(O)COC(C)=O)[C@@H](OC(C)=O)[C@@H](OC(C)=O)[C@@H]1OC(C)=O. The molecular formula is C26H36O18. The minimum atomic E-state index is -2.61. The zero-order valence-corrected chi connectivity index (χ0v) is 25.1. The Morgan fingerprint density at radius 2 is 1.11 bits per heavy atom. The van der Waals surface area contributed by atoms with Gasteiger partial charge in [-0.25, -0.2) is 0 Å². The van der Waals surface area contributed by atoms with E-state index in [1.165, 1.54) is 0 Å². The maximum Gasteiger partial charge on any atom is 0.303 e. The van der Waals surface area contributed by atoms with Crippen LogP contribution in [0.3, 0.4) is 0 Å². The van der Waals surface area contributed by atoms with Crippen molar-refractivity contribution in [3.05, 3.63) is 0 Å². The van der Waals surface area contributed by atoms with Gasteiger partial charge in [-0.3, -0.25) is 33.6 Å². The van der Waals surface area contributed by atoms with E-state index in [9.17, 15) is 38.7 Å². The minimum Gasteiger partial charge on any atom is -0.463 e. The molecule has 0 radical (unpaired) electrons. The first-order valence-corrected chi connectivity index (χ1v) is 13.2. The second kappa shape index (κ2) is 15.7. The normalized spacial score (nSPS) is 31.5. The summed E-state index contributed by atoms with van der Waals surface area (Å²) >= 11 is 0. The number of esters is 7. The van der Waals surface area contributed by atoms with Gasteiger partial charge in [0.05, 0.1) is 6.61 Å². The lowest BCUT2D eigenvalue weighted by molar-refractivity contribution is -0.387. The fourth-order valence-electron chi connectivity index (χ4n) is 4.45. The Labute approximate surface area is 251 Å². The third-order valence-corrected chi connectivity index (χ3v) is 5.94. The summed E-state index contributed by atoms with van der Waals surface area (Å²) in [6.45, 7) is 5.16. The molecule has 0 spiro atoms. The summed E-state index contributed by atoms with van der Waals surface area (Å²) in [5.74, 6) is -8.72. The van der Waals surface area contributed by atoms with Gasteiger partial charge in [-0.1, -0.05) is 0 Å². The van der Waals surface area contributed by atoms with Crippen molar-refractivity contribution in [1.29, 1.82) is 0 Å². The largest absolute Gasteiger partial charge is 0.463 e. The van der Waals surface area contributed by atoms with Gasteiger partial charge in [0.1, 0.15) is 19.3 Å². The van der Waals surface area contributed by atoms with Crippen molar-refractivity contribution in [3.8, 4) is 0 Å². The number of hydrogen-bond donors (Lipinski definition) is 1. The maximum absolute atomic E-state index is 12.2. The molecule has 2 rings (SSSR count). The molecule has 0 amide bonds. The molecule has 2 saturated heterocycles. The first-order chi connectivity index (χ1) is 20.4. The molecule has 0 aromatic heterocycles. The van der Waals surface area contributed by atoms with Gasteiger partial charge < -0.3 is 52.5 Å². The van der Waals surface area contributed by atoms with E-state index in [4.69, 9.17) is 47.4 Å². The van der Waals surface area contributed by atoms with E-state index >= 15 is 0 Å². The van der Waals surface area contributed by atoms with Gasteiger partial charge in [0.15, 0.2) is 42.9 Å². The van der Waals surface area contributed by atoms with Crippen molar-refractivity contribution < 1.29 is 86.0 Å². The summed E-state index contributed by atoms with van der Waals surface area (Å²) in [4.78, 5) is 83.5. The highest BCUT2D eigenvalue weighted by atomic mass is 16.8. The fourth-order valence-corrected chi connectivity index (χ4v) is 4.45. The topological polar surface area (TPSA) is 232 Å². The van der Waals surface area contributed by atoms with Gasteiger partial charge in [0.25, 0.3) is 0 Å². The molecule has 0 aromatic carbocycles. The lowest BCUT2D eigenvalue weighted by atomic mass is 9.95. The molecule has 0 bridgehead atoms. The number of aliphatic hydroxyl groups is 1. The van der Waals surface area contributed by atoms with E-state index in [2.05, 4.69) is 0 Å². The third kappa shape index (κ3) is 10.4. The molecule has 44 heavy (non-hydrogen) atoms. The maximum atomic E-state index is 12.2. The zero-order chi connectivity index (χ0) is 33.4. The Kier molecular flexibility index (Phi) is 13.0. The standard InChI is InChI=1S/C26H36O18/c1-11(27)35-8-18-20(39-14(4)30)22(41-16(6)32)23(42-17(7)33)25(43-18)44-24-21(40-15(5)31)19(38-13(3)29)9-37-26(24,34)10-36-12(2)28/h18-25,34H,8-10H2,1-7H3/t18-,19-,20-,21-,22+,23+,24-,25+,26-/m1/s1. The Balaban J connectivity index is 2.69. The smallest absolute Gasteiger partial charge is 0.303 e. The van der Waals surface area contributed by atoms with Gasteiger partial charge in [0, 0.05) is 48.5 Å². The van der Waals surface area contributed by atoms with Gasteiger partial charge in [-0.05, 0) is 0 Å². The molecule has 0 aliphatic carbocycles. The van der Waals surface area contributed by atoms with E-state index in [0.717, 1.165) is 48.5 Å². The molecule has 248 valence electrons. The fraction of sp³-hybridized carbons (Fsp3) is 0.731. The molecule has 18 nitrogen and oxygen atoms in total. The Bertz CT molecular complexity index is 1100. The Morgan fingerprint density at radius 3 is 1.61 bits per heavy atom. The monoisotopic (exact) mass is 636 g/mol. The predicted octanol–water partition coefficient (Wildman–Crippen LogP) is -1.40. The second-order valence-electron chi connectivity index (χ2n) is 9.78. The third-order valence-electron chi connectivity index (χ3n) is 5.94. The number of rotatable bonds is 11. The second-order valence-corrected chi connectivity index (χ2v) is 9.78. The summed E-state index contributed by atoms with van der Waals surface area (Å²) in [6.07, 6.45) is -13.2. The summed E-state index contributed by atoms with van der Waals surface area (Å²) in [5, 5.41) is 11.5. The van der Waals surface area contributed by atoms with Crippen molar-refractivity contribution in [2.24, 2.45) is 0 Å². The average molecular weight is 637 g/mol. The van der Waals surface area contributed by atoms with E-state index in [1.807, 2.05) is 0 Å². The van der Waals surface area contributed by atoms with E-state index in [0.29, 0.717) is 0 Å². The van der Waals surface area contributed by atoms with Crippen LogP contribution in [0.25, 0.3) is 0 Å². The number of carbonyl (C=O) groups is 7. The highest BCUT2D eigenvalue weighted by Crippen LogP contribution is 2.36. The molecule has 1 N–H and O–H groups in total. The van der Waals surface area contributed by atoms with Gasteiger partial charge in [-0.2, -0.15) is 0 Å². The minimum absolute atomic E-state index is 0.562. The first-order valence-electron chi connectivity index (χ1n) is 13.2. The zero-order valence-electron chi connectivity index (χ0n) is 25.1. The molecule has 2 fully saturated rings. The van der Waals surface area contributed by atoms with Gasteiger partial charge in [-0.15, -0.1) is 0 Å². The summed E-state index contributed by atoms with van der Waals surface area (Å²) in [5.41, 5.74) is 0. The van der Waals surface area contributed by atoms with Crippen molar-refractivity contribution in [1.82, 2.24) is 0 Å². The molecular weight excluding hydrogens is 600 g/mol. The number of ether oxygens (including phenoxy) is 10. The van der Waals surface area contributed by atoms with Gasteiger partial charge >= 0.3 is 41.8 Å². The van der Waals surface area contributed by atoms with Crippen molar-refractivity contribution in [3.63, 3.8) is 0 Å². The quantitative estimate of drug-likeness (QED) is 0.203. The van der Waals surface area contributed by atoms with E-state index < -0.39 is 116 Å². The number of carbonyl (C=O) groups excluding carboxylic acids is 7. The summed E-state index contributed by atoms with van der Waals surface area (Å²) < 4.78 is 53.9. The van der Waals surface area contributed by atoms with Crippen LogP contribution in [0.1, 0.15) is 48.5 Å². The highest BCUT2D eigenvalue weighted by Gasteiger charge is 2.59. The van der Waals surface area contributed by atoms with Crippen LogP contribution in [-0.2, 0) is 80.9 Å². The molecule has 0 unspecified atom stereocenters. The van der Waals surface area contributed by atoms with Crippen LogP contribution < -0.4 is 0 Å². The lowest BCUT2D eigenvalue weighted by Gasteiger charge is -2.49. The average Bonchev–Trinajstić information content (AvgIpc) is 2.87. The molecule has 2 aliphatic rings. The number of hydrogen-bond acceptors (Lipinski definition) is 18. The van der Waals surface area contributed by atoms with Crippen LogP contribution in [0.2, 0.25) is 0 Å². The molecule has 0 aromatic rings. The highest BCUT2D eigenvalue weighted by molar-refractivity contribution is 5.69. The molecule has 18 heteroatoms. The Morgan fingerprint density at radius 1 is 0.636 bits per heavy atom. The lowest BCUT2D eigenvalue weighted by Crippen LogP contribution is -2.69. The Hall–Kier alpha value is -3.87. The van der Waals surface area contributed by atoms with Crippen LogP contribution >= 0.6 is 0 Å². The summed E-state index contributed by atoms with van der Waals surface area (Å²) in [7, 11) is 0. The molecule has 2 heterocycles. The van der Waals surface area contributed by atoms with Crippen molar-refractivity contribution in [2.75, 3.05) is 19.8 Å². The molecule has 0 saturated carbocycles. The van der Waals surface area contributed by atoms with Crippen LogP contribution in [-0.4, -0.2) is 122 Å². The van der Waals surface area contributed by atoms with Crippen LogP contribution in [0.5, 0.6) is 0 Å². The van der Waals surface area contributed by atoms with Crippen LogP contribution in [0, 0.1) is 0 Å².